The molecule has 11 heteroatoms. The predicted molar refractivity (Wildman–Crippen MR) is 145 cm³/mol. The molecule has 0 spiro atoms. The van der Waals surface area contributed by atoms with Crippen molar-refractivity contribution in [3.8, 4) is 34.4 Å². The number of ether oxygens (including phenoxy) is 4. The van der Waals surface area contributed by atoms with Gasteiger partial charge in [0.25, 0.3) is 5.91 Å². The van der Waals surface area contributed by atoms with Crippen LogP contribution in [0.4, 0.5) is 11.6 Å². The van der Waals surface area contributed by atoms with Crippen molar-refractivity contribution in [2.75, 3.05) is 39.1 Å². The second kappa shape index (κ2) is 10.7. The maximum atomic E-state index is 14.0. The summed E-state index contributed by atoms with van der Waals surface area (Å²) in [6, 6.07) is 13.7. The molecule has 1 aliphatic heterocycles. The highest BCUT2D eigenvalue weighted by molar-refractivity contribution is 6.06. The van der Waals surface area contributed by atoms with Crippen molar-refractivity contribution in [1.29, 1.82) is 0 Å². The Balaban J connectivity index is 1.69. The fourth-order valence-electron chi connectivity index (χ4n) is 4.55. The number of hydrogen-bond donors (Lipinski definition) is 2. The van der Waals surface area contributed by atoms with Gasteiger partial charge in [-0.15, -0.1) is 5.10 Å². The van der Waals surface area contributed by atoms with Gasteiger partial charge in [-0.05, 0) is 37.3 Å². The first kappa shape index (κ1) is 25.6. The van der Waals surface area contributed by atoms with E-state index in [-0.39, 0.29) is 5.91 Å². The molecule has 1 amide bonds. The third kappa shape index (κ3) is 4.70. The molecule has 1 unspecified atom stereocenters. The molecule has 4 aromatic rings. The lowest BCUT2D eigenvalue weighted by molar-refractivity contribution is -0.113. The van der Waals surface area contributed by atoms with E-state index in [2.05, 4.69) is 15.6 Å². The topological polar surface area (TPSA) is 122 Å². The van der Waals surface area contributed by atoms with Crippen LogP contribution in [0.15, 0.2) is 72.2 Å². The molecule has 0 aliphatic carbocycles. The number of carbonyl (C=O) groups excluding carboxylic acids is 1. The summed E-state index contributed by atoms with van der Waals surface area (Å²) in [5, 5.41) is 11.0. The van der Waals surface area contributed by atoms with E-state index >= 15 is 0 Å². The maximum absolute atomic E-state index is 14.0. The van der Waals surface area contributed by atoms with Gasteiger partial charge in [-0.1, -0.05) is 12.1 Å². The van der Waals surface area contributed by atoms with Crippen LogP contribution in [0.5, 0.6) is 23.0 Å². The van der Waals surface area contributed by atoms with Crippen LogP contribution < -0.4 is 29.6 Å². The Morgan fingerprint density at radius 3 is 2.33 bits per heavy atom. The van der Waals surface area contributed by atoms with E-state index < -0.39 is 6.04 Å². The van der Waals surface area contributed by atoms with E-state index in [1.165, 1.54) is 0 Å². The number of hydrogen-bond acceptors (Lipinski definition) is 9. The van der Waals surface area contributed by atoms with Gasteiger partial charge in [0.15, 0.2) is 17.3 Å². The fraction of sp³-hybridized carbons (Fsp3) is 0.214. The smallest absolute Gasteiger partial charge is 0.255 e. The van der Waals surface area contributed by atoms with Gasteiger partial charge in [0.05, 0.1) is 39.7 Å². The Bertz CT molecular complexity index is 1550. The number of fused-ring (bicyclic) bond motifs is 1. The summed E-state index contributed by atoms with van der Waals surface area (Å²) < 4.78 is 24.0. The lowest BCUT2D eigenvalue weighted by atomic mass is 9.93. The van der Waals surface area contributed by atoms with Crippen LogP contribution in [0.25, 0.3) is 11.4 Å². The normalized spacial score (nSPS) is 14.2. The highest BCUT2D eigenvalue weighted by Crippen LogP contribution is 2.44. The van der Waals surface area contributed by atoms with E-state index in [0.717, 1.165) is 5.56 Å². The summed E-state index contributed by atoms with van der Waals surface area (Å²) >= 11 is 0. The molecule has 1 aliphatic rings. The highest BCUT2D eigenvalue weighted by atomic mass is 16.5. The number of nitrogens with zero attached hydrogens (tertiary/aromatic N) is 4. The molecule has 2 N–H and O–H groups in total. The maximum Gasteiger partial charge on any atom is 0.255 e. The molecule has 0 bridgehead atoms. The molecule has 11 nitrogen and oxygen atoms in total. The summed E-state index contributed by atoms with van der Waals surface area (Å²) in [5.74, 6) is 2.55. The Morgan fingerprint density at radius 1 is 0.923 bits per heavy atom. The van der Waals surface area contributed by atoms with Crippen molar-refractivity contribution in [2.24, 2.45) is 0 Å². The number of pyridine rings is 1. The zero-order valence-electron chi connectivity index (χ0n) is 22.2. The summed E-state index contributed by atoms with van der Waals surface area (Å²) in [4.78, 5) is 22.9. The number of methoxy groups -OCH3 is 4. The third-order valence-electron chi connectivity index (χ3n) is 6.40. The highest BCUT2D eigenvalue weighted by Gasteiger charge is 2.37. The van der Waals surface area contributed by atoms with Crippen molar-refractivity contribution < 1.29 is 23.7 Å². The molecule has 0 saturated carbocycles. The standard InChI is InChI=1S/C28H28N6O5/c1-16-24(27(35)31-19-10-6-7-11-20(19)36-2)25(18-13-22(38-4)23(39-5)14-21(18)37-3)34-28(30-16)32-26(33-34)17-9-8-12-29-15-17/h6-15,25H,1-5H3,(H,31,35)(H,30,32,33). The molecule has 2 aromatic carbocycles. The monoisotopic (exact) mass is 528 g/mol. The number of benzene rings is 2. The van der Waals surface area contributed by atoms with Crippen molar-refractivity contribution in [1.82, 2.24) is 19.7 Å². The summed E-state index contributed by atoms with van der Waals surface area (Å²) in [6.07, 6.45) is 3.37. The molecule has 5 rings (SSSR count). The van der Waals surface area contributed by atoms with Gasteiger partial charge in [0.2, 0.25) is 5.95 Å². The van der Waals surface area contributed by atoms with Gasteiger partial charge < -0.3 is 29.6 Å². The quantitative estimate of drug-likeness (QED) is 0.345. The van der Waals surface area contributed by atoms with Crippen LogP contribution in [-0.4, -0.2) is 54.1 Å². The van der Waals surface area contributed by atoms with Crippen molar-refractivity contribution in [3.63, 3.8) is 0 Å². The lowest BCUT2D eigenvalue weighted by Crippen LogP contribution is -2.32. The van der Waals surface area contributed by atoms with Crippen molar-refractivity contribution >= 4 is 17.5 Å². The molecular weight excluding hydrogens is 500 g/mol. The Hall–Kier alpha value is -5.06. The number of allylic oxidation sites excluding steroid dienone is 1. The molecule has 3 heterocycles. The number of nitrogens with one attached hydrogen (secondary N) is 2. The van der Waals surface area contributed by atoms with Gasteiger partial charge in [0.1, 0.15) is 17.5 Å². The summed E-state index contributed by atoms with van der Waals surface area (Å²) in [5.41, 5.74) is 2.90. The number of aromatic nitrogens is 4. The molecule has 1 atom stereocenters. The van der Waals surface area contributed by atoms with E-state index in [9.17, 15) is 4.79 Å². The zero-order valence-corrected chi connectivity index (χ0v) is 22.2. The number of rotatable bonds is 8. The molecule has 2 aromatic heterocycles. The first-order valence-electron chi connectivity index (χ1n) is 12.1. The average Bonchev–Trinajstić information content (AvgIpc) is 3.40. The van der Waals surface area contributed by atoms with Crippen LogP contribution in [0.3, 0.4) is 0 Å². The summed E-state index contributed by atoms with van der Waals surface area (Å²) in [7, 11) is 6.21. The molecule has 0 fully saturated rings. The van der Waals surface area contributed by atoms with Crippen LogP contribution in [0.1, 0.15) is 18.5 Å². The Morgan fingerprint density at radius 2 is 1.64 bits per heavy atom. The lowest BCUT2D eigenvalue weighted by Gasteiger charge is -2.30. The van der Waals surface area contributed by atoms with Crippen molar-refractivity contribution in [2.45, 2.75) is 13.0 Å². The van der Waals surface area contributed by atoms with Gasteiger partial charge in [0, 0.05) is 35.3 Å². The van der Waals surface area contributed by atoms with Gasteiger partial charge >= 0.3 is 0 Å². The van der Waals surface area contributed by atoms with Crippen LogP contribution >= 0.6 is 0 Å². The van der Waals surface area contributed by atoms with E-state index in [1.807, 2.05) is 31.2 Å². The number of carbonyl (C=O) groups is 1. The van der Waals surface area contributed by atoms with Crippen LogP contribution in [-0.2, 0) is 4.79 Å². The Kier molecular flexibility index (Phi) is 7.04. The first-order chi connectivity index (χ1) is 19.0. The SMILES string of the molecule is COc1ccccc1NC(=O)C1=C(C)Nc2nc(-c3cccnc3)nn2C1c1cc(OC)c(OC)cc1OC. The van der Waals surface area contributed by atoms with E-state index in [0.29, 0.717) is 57.3 Å². The van der Waals surface area contributed by atoms with Crippen molar-refractivity contribution in [3.05, 3.63) is 77.8 Å². The number of amides is 1. The van der Waals surface area contributed by atoms with E-state index in [4.69, 9.17) is 29.0 Å². The minimum Gasteiger partial charge on any atom is -0.496 e. The van der Waals surface area contributed by atoms with E-state index in [1.54, 1.807) is 69.8 Å². The third-order valence-corrected chi connectivity index (χ3v) is 6.40. The minimum atomic E-state index is -0.733. The summed E-state index contributed by atoms with van der Waals surface area (Å²) in [6.45, 7) is 1.82. The van der Waals surface area contributed by atoms with Gasteiger partial charge in [-0.25, -0.2) is 4.68 Å². The number of para-hydroxylation sites is 2. The molecule has 0 radical (unpaired) electrons. The second-order valence-corrected chi connectivity index (χ2v) is 8.62. The predicted octanol–water partition coefficient (Wildman–Crippen LogP) is 4.30. The minimum absolute atomic E-state index is 0.351. The molecular formula is C28H28N6O5. The van der Waals surface area contributed by atoms with Gasteiger partial charge in [-0.2, -0.15) is 4.98 Å². The molecule has 200 valence electrons. The second-order valence-electron chi connectivity index (χ2n) is 8.62. The molecule has 39 heavy (non-hydrogen) atoms. The Labute approximate surface area is 225 Å². The van der Waals surface area contributed by atoms with Crippen LogP contribution in [0, 0.1) is 0 Å². The fourth-order valence-corrected chi connectivity index (χ4v) is 4.55. The number of anilines is 2. The first-order valence-corrected chi connectivity index (χ1v) is 12.1. The van der Waals surface area contributed by atoms with Gasteiger partial charge in [-0.3, -0.25) is 9.78 Å². The van der Waals surface area contributed by atoms with Crippen LogP contribution in [0.2, 0.25) is 0 Å². The zero-order chi connectivity index (χ0) is 27.5. The molecule has 0 saturated heterocycles. The largest absolute Gasteiger partial charge is 0.496 e. The average molecular weight is 529 g/mol.